The summed E-state index contributed by atoms with van der Waals surface area (Å²) in [5.41, 5.74) is 2.30. The highest BCUT2D eigenvalue weighted by atomic mass is 16.4. The number of hydrogen-bond acceptors (Lipinski definition) is 4. The Labute approximate surface area is 102 Å². The van der Waals surface area contributed by atoms with E-state index in [4.69, 9.17) is 5.11 Å². The quantitative estimate of drug-likeness (QED) is 0.734. The summed E-state index contributed by atoms with van der Waals surface area (Å²) in [6, 6.07) is 10.6. The molecular weight excluding hydrogens is 232 g/mol. The predicted octanol–water partition coefficient (Wildman–Crippen LogP) is 1.51. The van der Waals surface area contributed by atoms with Crippen molar-refractivity contribution in [1.82, 2.24) is 20.0 Å². The van der Waals surface area contributed by atoms with Gasteiger partial charge in [0.1, 0.15) is 11.2 Å². The molecule has 0 unspecified atom stereocenters. The molecule has 0 atom stereocenters. The van der Waals surface area contributed by atoms with Gasteiger partial charge in [0.25, 0.3) is 0 Å². The van der Waals surface area contributed by atoms with Crippen LogP contribution in [0.25, 0.3) is 16.7 Å². The minimum Gasteiger partial charge on any atom is -0.477 e. The fraction of sp³-hybridized carbons (Fsp3) is 0. The molecule has 3 aromatic rings. The Balaban J connectivity index is 2.12. The zero-order chi connectivity index (χ0) is 12.5. The van der Waals surface area contributed by atoms with Crippen LogP contribution >= 0.6 is 0 Å². The molecule has 0 aliphatic carbocycles. The molecule has 18 heavy (non-hydrogen) atoms. The molecule has 6 heteroatoms. The van der Waals surface area contributed by atoms with Crippen LogP contribution in [0, 0.1) is 0 Å². The molecule has 88 valence electrons. The molecule has 0 bridgehead atoms. The van der Waals surface area contributed by atoms with E-state index in [1.807, 2.05) is 24.3 Å². The van der Waals surface area contributed by atoms with E-state index in [9.17, 15) is 4.79 Å². The van der Waals surface area contributed by atoms with Gasteiger partial charge in [-0.25, -0.2) is 14.5 Å². The van der Waals surface area contributed by atoms with Crippen LogP contribution in [0.4, 0.5) is 0 Å². The Morgan fingerprint density at radius 3 is 2.72 bits per heavy atom. The van der Waals surface area contributed by atoms with Gasteiger partial charge in [0.2, 0.25) is 0 Å². The molecule has 1 aromatic carbocycles. The van der Waals surface area contributed by atoms with E-state index in [0.717, 1.165) is 11.0 Å². The van der Waals surface area contributed by atoms with Crippen LogP contribution in [0.1, 0.15) is 10.5 Å². The monoisotopic (exact) mass is 240 g/mol. The maximum atomic E-state index is 10.7. The normalized spacial score (nSPS) is 10.7. The SMILES string of the molecule is O=C(O)c1ccc(-n2nnc3ccccc32)cn1. The first kappa shape index (κ1) is 10.4. The number of nitrogens with zero attached hydrogens (tertiary/aromatic N) is 4. The molecule has 2 heterocycles. The number of fused-ring (bicyclic) bond motifs is 1. The summed E-state index contributed by atoms with van der Waals surface area (Å²) in [6.07, 6.45) is 1.46. The van der Waals surface area contributed by atoms with E-state index >= 15 is 0 Å². The number of hydrogen-bond donors (Lipinski definition) is 1. The number of benzene rings is 1. The van der Waals surface area contributed by atoms with E-state index in [2.05, 4.69) is 15.3 Å². The Bertz CT molecular complexity index is 718. The van der Waals surface area contributed by atoms with Crippen molar-refractivity contribution in [1.29, 1.82) is 0 Å². The second-order valence-electron chi connectivity index (χ2n) is 3.70. The smallest absolute Gasteiger partial charge is 0.354 e. The van der Waals surface area contributed by atoms with E-state index in [-0.39, 0.29) is 5.69 Å². The fourth-order valence-corrected chi connectivity index (χ4v) is 1.70. The second-order valence-corrected chi connectivity index (χ2v) is 3.70. The molecule has 0 saturated carbocycles. The van der Waals surface area contributed by atoms with Crippen molar-refractivity contribution < 1.29 is 9.90 Å². The van der Waals surface area contributed by atoms with Crippen LogP contribution in [-0.2, 0) is 0 Å². The molecule has 0 saturated heterocycles. The van der Waals surface area contributed by atoms with Crippen LogP contribution in [0.5, 0.6) is 0 Å². The van der Waals surface area contributed by atoms with Gasteiger partial charge in [-0.2, -0.15) is 0 Å². The van der Waals surface area contributed by atoms with Gasteiger partial charge in [0.15, 0.2) is 0 Å². The van der Waals surface area contributed by atoms with Crippen molar-refractivity contribution in [2.45, 2.75) is 0 Å². The number of para-hydroxylation sites is 1. The van der Waals surface area contributed by atoms with Crippen molar-refractivity contribution >= 4 is 17.0 Å². The molecule has 0 aliphatic heterocycles. The van der Waals surface area contributed by atoms with Gasteiger partial charge in [-0.05, 0) is 24.3 Å². The van der Waals surface area contributed by atoms with Crippen molar-refractivity contribution in [3.05, 3.63) is 48.3 Å². The summed E-state index contributed by atoms with van der Waals surface area (Å²) in [4.78, 5) is 14.6. The van der Waals surface area contributed by atoms with E-state index in [0.29, 0.717) is 5.69 Å². The number of carbonyl (C=O) groups is 1. The third-order valence-corrected chi connectivity index (χ3v) is 2.56. The van der Waals surface area contributed by atoms with Gasteiger partial charge in [-0.15, -0.1) is 5.10 Å². The number of carboxylic acids is 1. The first-order valence-corrected chi connectivity index (χ1v) is 5.26. The van der Waals surface area contributed by atoms with E-state index < -0.39 is 5.97 Å². The summed E-state index contributed by atoms with van der Waals surface area (Å²) in [5, 5.41) is 16.8. The van der Waals surface area contributed by atoms with Crippen LogP contribution in [0.2, 0.25) is 0 Å². The lowest BCUT2D eigenvalue weighted by Crippen LogP contribution is -2.02. The standard InChI is InChI=1S/C12H8N4O2/c17-12(18)10-6-5-8(7-13-10)16-11-4-2-1-3-9(11)14-15-16/h1-7H,(H,17,18). The van der Waals surface area contributed by atoms with Gasteiger partial charge in [0.05, 0.1) is 17.4 Å². The summed E-state index contributed by atoms with van der Waals surface area (Å²) in [7, 11) is 0. The molecular formula is C12H8N4O2. The maximum Gasteiger partial charge on any atom is 0.354 e. The number of aromatic nitrogens is 4. The van der Waals surface area contributed by atoms with Gasteiger partial charge in [-0.1, -0.05) is 17.3 Å². The van der Waals surface area contributed by atoms with Crippen LogP contribution in [-0.4, -0.2) is 31.1 Å². The van der Waals surface area contributed by atoms with E-state index in [1.54, 1.807) is 10.7 Å². The lowest BCUT2D eigenvalue weighted by molar-refractivity contribution is 0.0690. The summed E-state index contributed by atoms with van der Waals surface area (Å²) in [5.74, 6) is -1.05. The molecule has 0 radical (unpaired) electrons. The largest absolute Gasteiger partial charge is 0.477 e. The minimum atomic E-state index is -1.05. The lowest BCUT2D eigenvalue weighted by Gasteiger charge is -2.01. The van der Waals surface area contributed by atoms with Gasteiger partial charge in [-0.3, -0.25) is 0 Å². The Hall–Kier alpha value is -2.76. The topological polar surface area (TPSA) is 80.9 Å². The number of pyridine rings is 1. The Kier molecular flexibility index (Phi) is 2.26. The third kappa shape index (κ3) is 1.60. The summed E-state index contributed by atoms with van der Waals surface area (Å²) < 4.78 is 1.62. The maximum absolute atomic E-state index is 10.7. The first-order chi connectivity index (χ1) is 8.75. The van der Waals surface area contributed by atoms with Gasteiger partial charge >= 0.3 is 5.97 Å². The second kappa shape index (κ2) is 3.92. The zero-order valence-corrected chi connectivity index (χ0v) is 9.19. The highest BCUT2D eigenvalue weighted by Crippen LogP contribution is 2.15. The predicted molar refractivity (Wildman–Crippen MR) is 63.6 cm³/mol. The van der Waals surface area contributed by atoms with Crippen molar-refractivity contribution in [3.8, 4) is 5.69 Å². The highest BCUT2D eigenvalue weighted by Gasteiger charge is 2.08. The van der Waals surface area contributed by atoms with Crippen molar-refractivity contribution in [3.63, 3.8) is 0 Å². The molecule has 6 nitrogen and oxygen atoms in total. The number of aromatic carboxylic acids is 1. The lowest BCUT2D eigenvalue weighted by atomic mass is 10.3. The Morgan fingerprint density at radius 2 is 2.00 bits per heavy atom. The fourth-order valence-electron chi connectivity index (χ4n) is 1.70. The van der Waals surface area contributed by atoms with Crippen molar-refractivity contribution in [2.75, 3.05) is 0 Å². The van der Waals surface area contributed by atoms with Crippen LogP contribution in [0.15, 0.2) is 42.6 Å². The molecule has 0 amide bonds. The average Bonchev–Trinajstić information content (AvgIpc) is 2.82. The third-order valence-electron chi connectivity index (χ3n) is 2.56. The number of carboxylic acid groups (broad SMARTS) is 1. The van der Waals surface area contributed by atoms with Crippen molar-refractivity contribution in [2.24, 2.45) is 0 Å². The number of rotatable bonds is 2. The van der Waals surface area contributed by atoms with Crippen LogP contribution < -0.4 is 0 Å². The summed E-state index contributed by atoms with van der Waals surface area (Å²) >= 11 is 0. The molecule has 1 N–H and O–H groups in total. The molecule has 0 spiro atoms. The van der Waals surface area contributed by atoms with E-state index in [1.165, 1.54) is 12.3 Å². The molecule has 3 rings (SSSR count). The Morgan fingerprint density at radius 1 is 1.17 bits per heavy atom. The highest BCUT2D eigenvalue weighted by molar-refractivity contribution is 5.85. The first-order valence-electron chi connectivity index (χ1n) is 5.26. The average molecular weight is 240 g/mol. The molecule has 2 aromatic heterocycles. The minimum absolute atomic E-state index is 0.00294. The van der Waals surface area contributed by atoms with Gasteiger partial charge in [0, 0.05) is 0 Å². The summed E-state index contributed by atoms with van der Waals surface area (Å²) in [6.45, 7) is 0. The van der Waals surface area contributed by atoms with Crippen LogP contribution in [0.3, 0.4) is 0 Å². The molecule has 0 fully saturated rings. The van der Waals surface area contributed by atoms with Gasteiger partial charge < -0.3 is 5.11 Å². The zero-order valence-electron chi connectivity index (χ0n) is 9.19. The molecule has 0 aliphatic rings.